The van der Waals surface area contributed by atoms with Crippen LogP contribution in [0.1, 0.15) is 40.5 Å². The van der Waals surface area contributed by atoms with Gasteiger partial charge in [-0.25, -0.2) is 0 Å². The van der Waals surface area contributed by atoms with Crippen LogP contribution >= 0.6 is 0 Å². The largest absolute Gasteiger partial charge is 0.389 e. The highest BCUT2D eigenvalue weighted by molar-refractivity contribution is 4.68. The third kappa shape index (κ3) is 12.4. The van der Waals surface area contributed by atoms with Gasteiger partial charge in [0.1, 0.15) is 0 Å². The molecule has 0 aliphatic carbocycles. The summed E-state index contributed by atoms with van der Waals surface area (Å²) in [5.41, 5.74) is 0. The van der Waals surface area contributed by atoms with Crippen molar-refractivity contribution in [3.05, 3.63) is 12.7 Å². The Bertz CT molecular complexity index is 205. The molecule has 0 heterocycles. The van der Waals surface area contributed by atoms with Crippen molar-refractivity contribution in [1.29, 1.82) is 0 Å². The smallest absolute Gasteiger partial charge is 0.0900 e. The fourth-order valence-corrected chi connectivity index (χ4v) is 1.81. The summed E-state index contributed by atoms with van der Waals surface area (Å²) in [5, 5.41) is 9.98. The van der Waals surface area contributed by atoms with Gasteiger partial charge in [-0.2, -0.15) is 0 Å². The van der Waals surface area contributed by atoms with Crippen LogP contribution in [0.5, 0.6) is 0 Å². The number of ether oxygens (including phenoxy) is 1. The summed E-state index contributed by atoms with van der Waals surface area (Å²) in [5.74, 6) is 1.41. The van der Waals surface area contributed by atoms with Gasteiger partial charge in [0.25, 0.3) is 0 Å². The average Bonchev–Trinajstić information content (AvgIpc) is 2.32. The normalized spacial score (nSPS) is 13.5. The molecular formula is C16H33NO2. The van der Waals surface area contributed by atoms with E-state index < -0.39 is 6.10 Å². The predicted octanol–water partition coefficient (Wildman–Crippen LogP) is 2.94. The van der Waals surface area contributed by atoms with Crippen molar-refractivity contribution in [1.82, 2.24) is 4.90 Å². The van der Waals surface area contributed by atoms with Gasteiger partial charge in [-0.1, -0.05) is 33.8 Å². The van der Waals surface area contributed by atoms with E-state index in [1.54, 1.807) is 6.08 Å². The molecule has 0 bridgehead atoms. The number of hydrogen-bond donors (Lipinski definition) is 1. The third-order valence-electron chi connectivity index (χ3n) is 3.06. The number of aliphatic hydroxyl groups excluding tert-OH is 1. The maximum absolute atomic E-state index is 9.98. The molecule has 3 heteroatoms. The van der Waals surface area contributed by atoms with E-state index in [1.807, 2.05) is 0 Å². The van der Waals surface area contributed by atoms with Gasteiger partial charge >= 0.3 is 0 Å². The fraction of sp³-hybridized carbons (Fsp3) is 0.875. The Morgan fingerprint density at radius 2 is 1.63 bits per heavy atom. The third-order valence-corrected chi connectivity index (χ3v) is 3.06. The first-order chi connectivity index (χ1) is 8.95. The molecule has 0 aromatic rings. The van der Waals surface area contributed by atoms with Gasteiger partial charge in [0.05, 0.1) is 19.3 Å². The van der Waals surface area contributed by atoms with Crippen molar-refractivity contribution in [3.8, 4) is 0 Å². The molecule has 114 valence electrons. The van der Waals surface area contributed by atoms with Crippen molar-refractivity contribution in [3.63, 3.8) is 0 Å². The second kappa shape index (κ2) is 11.4. The maximum atomic E-state index is 9.98. The van der Waals surface area contributed by atoms with Crippen LogP contribution in [0, 0.1) is 11.8 Å². The molecule has 1 unspecified atom stereocenters. The van der Waals surface area contributed by atoms with Gasteiger partial charge in [0.2, 0.25) is 0 Å². The van der Waals surface area contributed by atoms with Crippen molar-refractivity contribution in [2.75, 3.05) is 32.8 Å². The van der Waals surface area contributed by atoms with Crippen LogP contribution in [0.2, 0.25) is 0 Å². The molecule has 3 nitrogen and oxygen atoms in total. The van der Waals surface area contributed by atoms with Crippen molar-refractivity contribution < 1.29 is 9.84 Å². The Morgan fingerprint density at radius 3 is 2.05 bits per heavy atom. The zero-order valence-electron chi connectivity index (χ0n) is 13.3. The molecule has 0 saturated carbocycles. The van der Waals surface area contributed by atoms with Gasteiger partial charge < -0.3 is 14.7 Å². The number of aliphatic hydroxyl groups is 1. The molecule has 0 radical (unpaired) electrons. The maximum Gasteiger partial charge on any atom is 0.0900 e. The number of hydrogen-bond acceptors (Lipinski definition) is 3. The fourth-order valence-electron chi connectivity index (χ4n) is 1.81. The lowest BCUT2D eigenvalue weighted by Crippen LogP contribution is -2.37. The summed E-state index contributed by atoms with van der Waals surface area (Å²) in [6.07, 6.45) is 3.66. The topological polar surface area (TPSA) is 32.7 Å². The van der Waals surface area contributed by atoms with Crippen LogP contribution in [0.15, 0.2) is 12.7 Å². The van der Waals surface area contributed by atoms with Gasteiger partial charge in [-0.15, -0.1) is 6.58 Å². The Kier molecular flexibility index (Phi) is 11.2. The highest BCUT2D eigenvalue weighted by atomic mass is 16.5. The highest BCUT2D eigenvalue weighted by Crippen LogP contribution is 2.07. The average molecular weight is 271 g/mol. The van der Waals surface area contributed by atoms with Gasteiger partial charge in [-0.3, -0.25) is 0 Å². The minimum Gasteiger partial charge on any atom is -0.389 e. The van der Waals surface area contributed by atoms with Crippen LogP contribution < -0.4 is 0 Å². The van der Waals surface area contributed by atoms with E-state index in [2.05, 4.69) is 39.2 Å². The van der Waals surface area contributed by atoms with E-state index in [9.17, 15) is 5.11 Å². The molecule has 1 atom stereocenters. The van der Waals surface area contributed by atoms with Crippen molar-refractivity contribution >= 4 is 0 Å². The van der Waals surface area contributed by atoms with Crippen LogP contribution in [0.3, 0.4) is 0 Å². The van der Waals surface area contributed by atoms with Gasteiger partial charge in [-0.05, 0) is 37.8 Å². The molecule has 1 N–H and O–H groups in total. The standard InChI is InChI=1S/C16H33NO2/c1-6-11-19-13-16(18)12-17(9-7-14(2)3)10-8-15(4)5/h6,14-16,18H,1,7-13H2,2-5H3. The van der Waals surface area contributed by atoms with Gasteiger partial charge in [0, 0.05) is 6.54 Å². The first-order valence-electron chi connectivity index (χ1n) is 7.54. The van der Waals surface area contributed by atoms with Crippen LogP contribution in [0.25, 0.3) is 0 Å². The molecular weight excluding hydrogens is 238 g/mol. The van der Waals surface area contributed by atoms with Crippen molar-refractivity contribution in [2.24, 2.45) is 11.8 Å². The summed E-state index contributed by atoms with van der Waals surface area (Å²) >= 11 is 0. The zero-order chi connectivity index (χ0) is 14.7. The van der Waals surface area contributed by atoms with Crippen molar-refractivity contribution in [2.45, 2.75) is 46.6 Å². The zero-order valence-corrected chi connectivity index (χ0v) is 13.3. The first-order valence-corrected chi connectivity index (χ1v) is 7.54. The molecule has 0 aromatic heterocycles. The first kappa shape index (κ1) is 18.6. The Morgan fingerprint density at radius 1 is 1.11 bits per heavy atom. The molecule has 0 amide bonds. The summed E-state index contributed by atoms with van der Waals surface area (Å²) in [7, 11) is 0. The molecule has 0 aliphatic heterocycles. The summed E-state index contributed by atoms with van der Waals surface area (Å²) in [4.78, 5) is 2.36. The lowest BCUT2D eigenvalue weighted by Gasteiger charge is -2.26. The minimum absolute atomic E-state index is 0.395. The lowest BCUT2D eigenvalue weighted by atomic mass is 10.1. The van der Waals surface area contributed by atoms with Gasteiger partial charge in [0.15, 0.2) is 0 Å². The van der Waals surface area contributed by atoms with E-state index in [0.29, 0.717) is 31.6 Å². The molecule has 0 rings (SSSR count). The van der Waals surface area contributed by atoms with Crippen LogP contribution in [-0.2, 0) is 4.74 Å². The SMILES string of the molecule is C=CCOCC(O)CN(CCC(C)C)CCC(C)C. The van der Waals surface area contributed by atoms with E-state index in [1.165, 1.54) is 12.8 Å². The summed E-state index contributed by atoms with van der Waals surface area (Å²) in [6.45, 7) is 16.3. The van der Waals surface area contributed by atoms with E-state index in [0.717, 1.165) is 13.1 Å². The minimum atomic E-state index is -0.403. The van der Waals surface area contributed by atoms with Crippen LogP contribution in [0.4, 0.5) is 0 Å². The van der Waals surface area contributed by atoms with Crippen LogP contribution in [-0.4, -0.2) is 49.0 Å². The monoisotopic (exact) mass is 271 g/mol. The molecule has 0 saturated heterocycles. The Balaban J connectivity index is 4.03. The Hall–Kier alpha value is -0.380. The Labute approximate surface area is 119 Å². The van der Waals surface area contributed by atoms with E-state index in [4.69, 9.17) is 4.74 Å². The molecule has 19 heavy (non-hydrogen) atoms. The van der Waals surface area contributed by atoms with E-state index in [-0.39, 0.29) is 0 Å². The summed E-state index contributed by atoms with van der Waals surface area (Å²) in [6, 6.07) is 0. The molecule has 0 aromatic carbocycles. The highest BCUT2D eigenvalue weighted by Gasteiger charge is 2.13. The second-order valence-electron chi connectivity index (χ2n) is 6.15. The predicted molar refractivity (Wildman–Crippen MR) is 82.4 cm³/mol. The quantitative estimate of drug-likeness (QED) is 0.437. The lowest BCUT2D eigenvalue weighted by molar-refractivity contribution is 0.0246. The number of nitrogens with zero attached hydrogens (tertiary/aromatic N) is 1. The molecule has 0 aliphatic rings. The summed E-state index contributed by atoms with van der Waals surface area (Å²) < 4.78 is 5.30. The number of rotatable bonds is 12. The van der Waals surface area contributed by atoms with E-state index >= 15 is 0 Å². The molecule has 0 fully saturated rings. The second-order valence-corrected chi connectivity index (χ2v) is 6.15. The molecule has 0 spiro atoms.